The molecule has 4 heteroatoms. The Morgan fingerprint density at radius 2 is 2.47 bits per heavy atom. The molecule has 0 fully saturated rings. The van der Waals surface area contributed by atoms with E-state index in [1.54, 1.807) is 24.3 Å². The number of carbonyl (C=O) groups is 1. The van der Waals surface area contributed by atoms with Crippen LogP contribution in [0.5, 0.6) is 0 Å². The first kappa shape index (κ1) is 11.5. The summed E-state index contributed by atoms with van der Waals surface area (Å²) >= 11 is 1.58. The first-order valence-electron chi connectivity index (χ1n) is 4.52. The molecule has 0 spiro atoms. The lowest BCUT2D eigenvalue weighted by molar-refractivity contribution is -0.137. The summed E-state index contributed by atoms with van der Waals surface area (Å²) in [6, 6.07) is 3.71. The quantitative estimate of drug-likeness (QED) is 0.447. The molecular formula is C11H11NO2S. The monoisotopic (exact) mass is 221 g/mol. The zero-order chi connectivity index (χ0) is 11.3. The number of aryl methyl sites for hydroxylation is 1. The summed E-state index contributed by atoms with van der Waals surface area (Å²) in [4.78, 5) is 12.4. The highest BCUT2D eigenvalue weighted by molar-refractivity contribution is 7.10. The molecule has 1 aromatic heterocycles. The molecule has 0 bridgehead atoms. The average Bonchev–Trinajstić information content (AvgIpc) is 2.61. The van der Waals surface area contributed by atoms with Crippen molar-refractivity contribution in [3.8, 4) is 6.07 Å². The Morgan fingerprint density at radius 1 is 1.73 bits per heavy atom. The molecule has 0 unspecified atom stereocenters. The van der Waals surface area contributed by atoms with Crippen LogP contribution in [-0.2, 0) is 9.53 Å². The lowest BCUT2D eigenvalue weighted by Gasteiger charge is -1.98. The van der Waals surface area contributed by atoms with E-state index in [1.807, 2.05) is 24.4 Å². The molecule has 0 atom stereocenters. The number of nitrogens with zero attached hydrogens (tertiary/aromatic N) is 1. The zero-order valence-electron chi connectivity index (χ0n) is 8.61. The predicted octanol–water partition coefficient (Wildman–Crippen LogP) is 2.53. The van der Waals surface area contributed by atoms with Crippen LogP contribution >= 0.6 is 11.3 Å². The molecule has 0 aliphatic carbocycles. The van der Waals surface area contributed by atoms with Gasteiger partial charge in [-0.25, -0.2) is 4.79 Å². The van der Waals surface area contributed by atoms with Crippen LogP contribution < -0.4 is 0 Å². The van der Waals surface area contributed by atoms with Crippen LogP contribution in [-0.4, -0.2) is 12.6 Å². The van der Waals surface area contributed by atoms with E-state index < -0.39 is 5.97 Å². The summed E-state index contributed by atoms with van der Waals surface area (Å²) in [5, 5.41) is 10.7. The minimum absolute atomic E-state index is 0.0401. The lowest BCUT2D eigenvalue weighted by Crippen LogP contribution is -2.05. The van der Waals surface area contributed by atoms with E-state index >= 15 is 0 Å². The molecule has 0 saturated carbocycles. The first-order valence-corrected chi connectivity index (χ1v) is 5.40. The fourth-order valence-corrected chi connectivity index (χ4v) is 1.73. The second-order valence-corrected chi connectivity index (χ2v) is 3.94. The van der Waals surface area contributed by atoms with Crippen LogP contribution in [0.1, 0.15) is 17.4 Å². The Balaban J connectivity index is 2.94. The molecular weight excluding hydrogens is 210 g/mol. The van der Waals surface area contributed by atoms with Crippen LogP contribution in [0.2, 0.25) is 0 Å². The third-order valence-electron chi connectivity index (χ3n) is 1.81. The Bertz CT molecular complexity index is 426. The summed E-state index contributed by atoms with van der Waals surface area (Å²) in [5.41, 5.74) is 0.933. The lowest BCUT2D eigenvalue weighted by atomic mass is 10.2. The summed E-state index contributed by atoms with van der Waals surface area (Å²) in [5.74, 6) is -0.564. The number of carbonyl (C=O) groups excluding carboxylic acids is 1. The van der Waals surface area contributed by atoms with E-state index in [0.29, 0.717) is 0 Å². The Labute approximate surface area is 92.6 Å². The van der Waals surface area contributed by atoms with Gasteiger partial charge in [-0.15, -0.1) is 11.3 Å². The normalized spacial score (nSPS) is 10.9. The SMILES string of the molecule is CCOC(=O)C(C#N)=Cc1ccsc1C. The molecule has 0 N–H and O–H groups in total. The van der Waals surface area contributed by atoms with Gasteiger partial charge in [0.2, 0.25) is 0 Å². The van der Waals surface area contributed by atoms with Gasteiger partial charge in [0.25, 0.3) is 0 Å². The van der Waals surface area contributed by atoms with Crippen molar-refractivity contribution in [2.24, 2.45) is 0 Å². The van der Waals surface area contributed by atoms with Gasteiger partial charge >= 0.3 is 5.97 Å². The third-order valence-corrected chi connectivity index (χ3v) is 2.68. The van der Waals surface area contributed by atoms with Gasteiger partial charge in [0.15, 0.2) is 0 Å². The number of ether oxygens (including phenoxy) is 1. The number of nitriles is 1. The van der Waals surface area contributed by atoms with E-state index in [4.69, 9.17) is 10.00 Å². The highest BCUT2D eigenvalue weighted by Crippen LogP contribution is 2.18. The second kappa shape index (κ2) is 5.32. The Kier molecular flexibility index (Phi) is 4.07. The molecule has 0 radical (unpaired) electrons. The maximum absolute atomic E-state index is 11.3. The molecule has 0 aromatic carbocycles. The topological polar surface area (TPSA) is 50.1 Å². The number of thiophene rings is 1. The van der Waals surface area contributed by atoms with Gasteiger partial charge in [-0.2, -0.15) is 5.26 Å². The second-order valence-electron chi connectivity index (χ2n) is 2.82. The minimum Gasteiger partial charge on any atom is -0.462 e. The van der Waals surface area contributed by atoms with Crippen LogP contribution in [0.15, 0.2) is 17.0 Å². The molecule has 15 heavy (non-hydrogen) atoms. The molecule has 1 heterocycles. The molecule has 78 valence electrons. The summed E-state index contributed by atoms with van der Waals surface area (Å²) in [7, 11) is 0. The van der Waals surface area contributed by atoms with Crippen molar-refractivity contribution in [3.05, 3.63) is 27.5 Å². The molecule has 3 nitrogen and oxygen atoms in total. The smallest absolute Gasteiger partial charge is 0.348 e. The maximum atomic E-state index is 11.3. The van der Waals surface area contributed by atoms with Gasteiger partial charge < -0.3 is 4.74 Å². The zero-order valence-corrected chi connectivity index (χ0v) is 9.43. The molecule has 0 aliphatic rings. The molecule has 1 rings (SSSR count). The maximum Gasteiger partial charge on any atom is 0.348 e. The van der Waals surface area contributed by atoms with Gasteiger partial charge in [0.1, 0.15) is 11.6 Å². The van der Waals surface area contributed by atoms with Crippen molar-refractivity contribution < 1.29 is 9.53 Å². The van der Waals surface area contributed by atoms with E-state index in [0.717, 1.165) is 10.4 Å². The van der Waals surface area contributed by atoms with E-state index in [-0.39, 0.29) is 12.2 Å². The van der Waals surface area contributed by atoms with Gasteiger partial charge in [0.05, 0.1) is 6.61 Å². The molecule has 0 saturated heterocycles. The van der Waals surface area contributed by atoms with Crippen LogP contribution in [0.4, 0.5) is 0 Å². The van der Waals surface area contributed by atoms with E-state index in [9.17, 15) is 4.79 Å². The Hall–Kier alpha value is -1.60. The standard InChI is InChI=1S/C11H11NO2S/c1-3-14-11(13)10(7-12)6-9-4-5-15-8(9)2/h4-6H,3H2,1-2H3. The van der Waals surface area contributed by atoms with Crippen molar-refractivity contribution in [1.82, 2.24) is 0 Å². The number of esters is 1. The Morgan fingerprint density at radius 3 is 2.93 bits per heavy atom. The number of hydrogen-bond donors (Lipinski definition) is 0. The highest BCUT2D eigenvalue weighted by Gasteiger charge is 2.10. The van der Waals surface area contributed by atoms with Crippen LogP contribution in [0.25, 0.3) is 6.08 Å². The van der Waals surface area contributed by atoms with E-state index in [1.165, 1.54) is 0 Å². The third kappa shape index (κ3) is 2.93. The highest BCUT2D eigenvalue weighted by atomic mass is 32.1. The van der Waals surface area contributed by atoms with Crippen LogP contribution in [0.3, 0.4) is 0 Å². The van der Waals surface area contributed by atoms with Gasteiger partial charge in [-0.1, -0.05) is 0 Å². The van der Waals surface area contributed by atoms with E-state index in [2.05, 4.69) is 0 Å². The fraction of sp³-hybridized carbons (Fsp3) is 0.273. The summed E-state index contributed by atoms with van der Waals surface area (Å²) in [6.07, 6.45) is 1.56. The molecule has 0 amide bonds. The van der Waals surface area contributed by atoms with Gasteiger partial charge in [-0.3, -0.25) is 0 Å². The van der Waals surface area contributed by atoms with Crippen molar-refractivity contribution >= 4 is 23.4 Å². The minimum atomic E-state index is -0.564. The summed E-state index contributed by atoms with van der Waals surface area (Å²) < 4.78 is 4.76. The van der Waals surface area contributed by atoms with Crippen LogP contribution in [0, 0.1) is 18.3 Å². The predicted molar refractivity (Wildman–Crippen MR) is 59.3 cm³/mol. The average molecular weight is 221 g/mol. The van der Waals surface area contributed by atoms with Gasteiger partial charge in [0, 0.05) is 4.88 Å². The largest absolute Gasteiger partial charge is 0.462 e. The van der Waals surface area contributed by atoms with Gasteiger partial charge in [-0.05, 0) is 36.9 Å². The van der Waals surface area contributed by atoms with Crippen molar-refractivity contribution in [2.45, 2.75) is 13.8 Å². The number of rotatable bonds is 3. The molecule has 0 aliphatic heterocycles. The number of hydrogen-bond acceptors (Lipinski definition) is 4. The van der Waals surface area contributed by atoms with Crippen molar-refractivity contribution in [3.63, 3.8) is 0 Å². The van der Waals surface area contributed by atoms with Crippen molar-refractivity contribution in [1.29, 1.82) is 5.26 Å². The molecule has 1 aromatic rings. The first-order chi connectivity index (χ1) is 7.19. The fourth-order valence-electron chi connectivity index (χ4n) is 1.05. The van der Waals surface area contributed by atoms with Crippen molar-refractivity contribution in [2.75, 3.05) is 6.61 Å². The summed E-state index contributed by atoms with van der Waals surface area (Å²) in [6.45, 7) is 3.93.